The van der Waals surface area contributed by atoms with Crippen LogP contribution in [0.15, 0.2) is 72.8 Å². The molecule has 3 rings (SSSR count). The molecule has 0 bridgehead atoms. The van der Waals surface area contributed by atoms with Gasteiger partial charge in [-0.15, -0.1) is 24.8 Å². The van der Waals surface area contributed by atoms with Crippen molar-refractivity contribution in [3.8, 4) is 0 Å². The van der Waals surface area contributed by atoms with E-state index in [1.807, 2.05) is 13.0 Å². The molecule has 0 amide bonds. The topological polar surface area (TPSA) is 32.8 Å². The van der Waals surface area contributed by atoms with Crippen LogP contribution < -0.4 is 0 Å². The minimum atomic E-state index is -0.260. The molecule has 29 heavy (non-hydrogen) atoms. The first-order valence-electron chi connectivity index (χ1n) is 9.67. The van der Waals surface area contributed by atoms with Crippen LogP contribution in [-0.4, -0.2) is 55.1 Å². The van der Waals surface area contributed by atoms with Gasteiger partial charge in [0, 0.05) is 38.8 Å². The fourth-order valence-corrected chi connectivity index (χ4v) is 3.58. The van der Waals surface area contributed by atoms with E-state index in [2.05, 4.69) is 70.5 Å². The molecule has 0 aromatic heterocycles. The summed E-state index contributed by atoms with van der Waals surface area (Å²) in [5.41, 5.74) is 2.67. The van der Waals surface area contributed by atoms with Crippen LogP contribution in [0.25, 0.3) is 0 Å². The van der Waals surface area contributed by atoms with Crippen LogP contribution in [0.1, 0.15) is 24.1 Å². The number of halogens is 2. The molecule has 0 spiro atoms. The summed E-state index contributed by atoms with van der Waals surface area (Å²) in [6, 6.07) is 21.7. The second-order valence-corrected chi connectivity index (χ2v) is 6.71. The zero-order valence-corrected chi connectivity index (χ0v) is 18.4. The van der Waals surface area contributed by atoms with Gasteiger partial charge in [-0.05, 0) is 18.1 Å². The highest BCUT2D eigenvalue weighted by Gasteiger charge is 2.25. The third kappa shape index (κ3) is 7.48. The van der Waals surface area contributed by atoms with Crippen LogP contribution in [0.5, 0.6) is 0 Å². The van der Waals surface area contributed by atoms with Crippen molar-refractivity contribution in [2.24, 2.45) is 0 Å². The lowest BCUT2D eigenvalue weighted by Gasteiger charge is -2.39. The van der Waals surface area contributed by atoms with Gasteiger partial charge in [0.2, 0.25) is 0 Å². The molecule has 6 heteroatoms. The molecule has 4 nitrogen and oxygen atoms in total. The van der Waals surface area contributed by atoms with Crippen molar-refractivity contribution in [3.63, 3.8) is 0 Å². The SMILES string of the molecule is CCOC(=O)/C=C/CN1CCN(C(c2ccccc2)c2ccccc2)CC1.Cl.Cl. The monoisotopic (exact) mass is 436 g/mol. The predicted octanol–water partition coefficient (Wildman–Crippen LogP) is 4.36. The molecule has 2 aromatic carbocycles. The van der Waals surface area contributed by atoms with E-state index in [9.17, 15) is 4.79 Å². The van der Waals surface area contributed by atoms with E-state index in [0.717, 1.165) is 32.7 Å². The molecule has 1 aliphatic heterocycles. The summed E-state index contributed by atoms with van der Waals surface area (Å²) in [6.45, 7) is 7.01. The van der Waals surface area contributed by atoms with Crippen LogP contribution in [0.3, 0.4) is 0 Å². The van der Waals surface area contributed by atoms with Gasteiger partial charge in [0.15, 0.2) is 0 Å². The Morgan fingerprint density at radius 3 is 1.93 bits per heavy atom. The molecule has 0 radical (unpaired) electrons. The second kappa shape index (κ2) is 13.4. The first-order chi connectivity index (χ1) is 13.3. The molecule has 1 saturated heterocycles. The van der Waals surface area contributed by atoms with Crippen molar-refractivity contribution in [1.29, 1.82) is 0 Å². The largest absolute Gasteiger partial charge is 0.463 e. The lowest BCUT2D eigenvalue weighted by atomic mass is 9.96. The molecule has 1 aliphatic rings. The highest BCUT2D eigenvalue weighted by atomic mass is 35.5. The summed E-state index contributed by atoms with van der Waals surface area (Å²) in [5.74, 6) is -0.260. The maximum Gasteiger partial charge on any atom is 0.330 e. The Morgan fingerprint density at radius 2 is 1.45 bits per heavy atom. The Bertz CT molecular complexity index is 694. The van der Waals surface area contributed by atoms with Crippen LogP contribution >= 0.6 is 24.8 Å². The number of hydrogen-bond acceptors (Lipinski definition) is 4. The van der Waals surface area contributed by atoms with E-state index < -0.39 is 0 Å². The van der Waals surface area contributed by atoms with Crippen molar-refractivity contribution >= 4 is 30.8 Å². The van der Waals surface area contributed by atoms with Crippen molar-refractivity contribution in [3.05, 3.63) is 83.9 Å². The van der Waals surface area contributed by atoms with Gasteiger partial charge in [-0.3, -0.25) is 9.80 Å². The van der Waals surface area contributed by atoms with Crippen molar-refractivity contribution < 1.29 is 9.53 Å². The maximum absolute atomic E-state index is 11.4. The van der Waals surface area contributed by atoms with Gasteiger partial charge in [-0.2, -0.15) is 0 Å². The number of rotatable bonds is 7. The Balaban J connectivity index is 0.00000210. The number of carbonyl (C=O) groups is 1. The summed E-state index contributed by atoms with van der Waals surface area (Å²) < 4.78 is 4.93. The number of piperazine rings is 1. The first kappa shape index (κ1) is 25.2. The van der Waals surface area contributed by atoms with Gasteiger partial charge in [-0.1, -0.05) is 66.7 Å². The molecule has 0 unspecified atom stereocenters. The minimum absolute atomic E-state index is 0. The van der Waals surface area contributed by atoms with Crippen LogP contribution in [0.2, 0.25) is 0 Å². The molecule has 2 aromatic rings. The van der Waals surface area contributed by atoms with Crippen molar-refractivity contribution in [2.75, 3.05) is 39.3 Å². The van der Waals surface area contributed by atoms with E-state index in [1.165, 1.54) is 17.2 Å². The Labute approximate surface area is 186 Å². The van der Waals surface area contributed by atoms with E-state index in [4.69, 9.17) is 4.74 Å². The molecule has 0 aliphatic carbocycles. The Morgan fingerprint density at radius 1 is 0.931 bits per heavy atom. The summed E-state index contributed by atoms with van der Waals surface area (Å²) in [5, 5.41) is 0. The second-order valence-electron chi connectivity index (χ2n) is 6.71. The summed E-state index contributed by atoms with van der Waals surface area (Å²) in [7, 11) is 0. The summed E-state index contributed by atoms with van der Waals surface area (Å²) in [6.07, 6.45) is 3.44. The average molecular weight is 437 g/mol. The Kier molecular flexibility index (Phi) is 11.6. The average Bonchev–Trinajstić information content (AvgIpc) is 2.71. The maximum atomic E-state index is 11.4. The normalized spacial score (nSPS) is 15.0. The van der Waals surface area contributed by atoms with Gasteiger partial charge in [0.05, 0.1) is 12.6 Å². The highest BCUT2D eigenvalue weighted by molar-refractivity contribution is 5.85. The van der Waals surface area contributed by atoms with E-state index in [-0.39, 0.29) is 36.8 Å². The smallest absolute Gasteiger partial charge is 0.330 e. The number of carbonyl (C=O) groups excluding carboxylic acids is 1. The number of esters is 1. The van der Waals surface area contributed by atoms with Crippen LogP contribution in [0, 0.1) is 0 Å². The standard InChI is InChI=1S/C23H28N2O2.2ClH/c1-2-27-22(26)14-9-15-24-16-18-25(19-17-24)23(20-10-5-3-6-11-20)21-12-7-4-8-13-21;;/h3-14,23H,2,15-19H2,1H3;2*1H/b14-9+;;. The summed E-state index contributed by atoms with van der Waals surface area (Å²) >= 11 is 0. The van der Waals surface area contributed by atoms with Crippen LogP contribution in [0.4, 0.5) is 0 Å². The van der Waals surface area contributed by atoms with Crippen molar-refractivity contribution in [2.45, 2.75) is 13.0 Å². The molecular formula is C23H30Cl2N2O2. The summed E-state index contributed by atoms with van der Waals surface area (Å²) in [4.78, 5) is 16.3. The van der Waals surface area contributed by atoms with E-state index in [1.54, 1.807) is 0 Å². The number of nitrogens with zero attached hydrogens (tertiary/aromatic N) is 2. The minimum Gasteiger partial charge on any atom is -0.463 e. The number of ether oxygens (including phenoxy) is 1. The highest BCUT2D eigenvalue weighted by Crippen LogP contribution is 2.29. The molecule has 0 saturated carbocycles. The van der Waals surface area contributed by atoms with Gasteiger partial charge in [0.25, 0.3) is 0 Å². The van der Waals surface area contributed by atoms with Crippen LogP contribution in [-0.2, 0) is 9.53 Å². The van der Waals surface area contributed by atoms with Gasteiger partial charge in [-0.25, -0.2) is 4.79 Å². The predicted molar refractivity (Wildman–Crippen MR) is 123 cm³/mol. The molecule has 158 valence electrons. The Hall–Kier alpha value is -1.85. The third-order valence-corrected chi connectivity index (χ3v) is 4.91. The first-order valence-corrected chi connectivity index (χ1v) is 9.67. The molecule has 1 fully saturated rings. The molecule has 0 atom stereocenters. The number of benzene rings is 2. The lowest BCUT2D eigenvalue weighted by molar-refractivity contribution is -0.137. The van der Waals surface area contributed by atoms with Gasteiger partial charge in [0.1, 0.15) is 0 Å². The van der Waals surface area contributed by atoms with Crippen molar-refractivity contribution in [1.82, 2.24) is 9.80 Å². The van der Waals surface area contributed by atoms with E-state index >= 15 is 0 Å². The number of hydrogen-bond donors (Lipinski definition) is 0. The third-order valence-electron chi connectivity index (χ3n) is 4.91. The zero-order chi connectivity index (χ0) is 18.9. The molecule has 1 heterocycles. The molecule has 0 N–H and O–H groups in total. The molecular weight excluding hydrogens is 407 g/mol. The fraction of sp³-hybridized carbons (Fsp3) is 0.348. The van der Waals surface area contributed by atoms with Gasteiger partial charge >= 0.3 is 5.97 Å². The lowest BCUT2D eigenvalue weighted by Crippen LogP contribution is -2.47. The van der Waals surface area contributed by atoms with Gasteiger partial charge < -0.3 is 4.74 Å². The quantitative estimate of drug-likeness (QED) is 0.476. The zero-order valence-electron chi connectivity index (χ0n) is 16.8. The van der Waals surface area contributed by atoms with E-state index in [0.29, 0.717) is 6.61 Å². The fourth-order valence-electron chi connectivity index (χ4n) is 3.58.